The number of aromatic amines is 1. The monoisotopic (exact) mass is 455 g/mol. The molecule has 3 heterocycles. The van der Waals surface area contributed by atoms with Gasteiger partial charge in [0.25, 0.3) is 5.56 Å². The van der Waals surface area contributed by atoms with Gasteiger partial charge in [-0.2, -0.15) is 0 Å². The number of ether oxygens (including phenoxy) is 1. The van der Waals surface area contributed by atoms with Crippen molar-refractivity contribution in [2.24, 2.45) is 11.8 Å². The summed E-state index contributed by atoms with van der Waals surface area (Å²) in [4.78, 5) is 26.6. The highest BCUT2D eigenvalue weighted by Gasteiger charge is 2.52. The molecule has 0 spiro atoms. The Morgan fingerprint density at radius 3 is 2.83 bits per heavy atom. The van der Waals surface area contributed by atoms with E-state index in [1.165, 1.54) is 17.4 Å². The van der Waals surface area contributed by atoms with Crippen molar-refractivity contribution in [3.8, 4) is 0 Å². The summed E-state index contributed by atoms with van der Waals surface area (Å²) in [5.74, 6) is 1.43. The minimum atomic E-state index is -0.791. The van der Waals surface area contributed by atoms with E-state index in [1.807, 2.05) is 11.4 Å². The number of hydrogen-bond acceptors (Lipinski definition) is 6. The largest absolute Gasteiger partial charge is 0.352 e. The van der Waals surface area contributed by atoms with Gasteiger partial charge in [0.15, 0.2) is 13.7 Å². The molecule has 2 saturated heterocycles. The molecule has 0 amide bonds. The molecular weight excluding hydrogens is 421 g/mol. The zero-order chi connectivity index (χ0) is 21.6. The zero-order valence-corrected chi connectivity index (χ0v) is 20.3. The second-order valence-electron chi connectivity index (χ2n) is 9.49. The van der Waals surface area contributed by atoms with Crippen molar-refractivity contribution in [2.45, 2.75) is 83.5 Å². The van der Waals surface area contributed by atoms with Crippen LogP contribution in [0.1, 0.15) is 65.2 Å². The third kappa shape index (κ3) is 4.31. The standard InChI is InChI=1S/C21H34N3O4PS/c1-6-16-11-23(12-18(27-16)24-10-14(4)19(25)22-20(24)26)29-28-17-9-15(13(2)3)7-8-21(17,5)30-29/h10,13,15-18H,6-9,11-12H2,1-5H3,(H,22,25,26)/t15-,16+,17+,18+,21+,29?/m0/s1. The highest BCUT2D eigenvalue weighted by molar-refractivity contribution is 8.54. The number of fused-ring (bicyclic) bond motifs is 1. The van der Waals surface area contributed by atoms with Gasteiger partial charge in [0.2, 0.25) is 0 Å². The molecule has 1 aliphatic carbocycles. The predicted molar refractivity (Wildman–Crippen MR) is 122 cm³/mol. The van der Waals surface area contributed by atoms with Gasteiger partial charge in [0, 0.05) is 23.1 Å². The molecule has 1 aromatic rings. The van der Waals surface area contributed by atoms with Crippen LogP contribution >= 0.6 is 18.9 Å². The summed E-state index contributed by atoms with van der Waals surface area (Å²) in [6, 6.07) is 0. The molecule has 1 unspecified atom stereocenters. The van der Waals surface area contributed by atoms with Crippen LogP contribution in [0, 0.1) is 18.8 Å². The quantitative estimate of drug-likeness (QED) is 0.691. The normalized spacial score (nSPS) is 37.5. The molecule has 1 saturated carbocycles. The third-order valence-corrected chi connectivity index (χ3v) is 11.9. The number of aromatic nitrogens is 2. The molecule has 0 bridgehead atoms. The smallest absolute Gasteiger partial charge is 0.330 e. The summed E-state index contributed by atoms with van der Waals surface area (Å²) in [7, 11) is -0.791. The lowest BCUT2D eigenvalue weighted by molar-refractivity contribution is -0.104. The van der Waals surface area contributed by atoms with Crippen LogP contribution in [0.15, 0.2) is 15.8 Å². The molecule has 3 fully saturated rings. The maximum atomic E-state index is 12.4. The lowest BCUT2D eigenvalue weighted by Gasteiger charge is -2.39. The van der Waals surface area contributed by atoms with Crippen LogP contribution in [-0.4, -0.2) is 44.3 Å². The number of nitrogens with zero attached hydrogens (tertiary/aromatic N) is 2. The van der Waals surface area contributed by atoms with Crippen LogP contribution in [0.25, 0.3) is 0 Å². The molecule has 168 valence electrons. The average molecular weight is 456 g/mol. The van der Waals surface area contributed by atoms with E-state index in [0.717, 1.165) is 25.3 Å². The molecule has 0 aromatic carbocycles. The SMILES string of the molecule is CC[C@@H]1CN(P2O[C@@H]3C[C@@H](C(C)C)CC[C@@]3(C)S2)C[C@H](n2cc(C)c(=O)[nH]c2=O)O1. The Balaban J connectivity index is 1.54. The Hall–Kier alpha value is -0.660. The number of nitrogens with one attached hydrogen (secondary N) is 1. The molecule has 1 aromatic heterocycles. The van der Waals surface area contributed by atoms with E-state index >= 15 is 0 Å². The Bertz CT molecular complexity index is 890. The van der Waals surface area contributed by atoms with Gasteiger partial charge < -0.3 is 9.26 Å². The van der Waals surface area contributed by atoms with E-state index in [4.69, 9.17) is 9.26 Å². The van der Waals surface area contributed by atoms with Crippen LogP contribution in [0.4, 0.5) is 0 Å². The van der Waals surface area contributed by atoms with Crippen LogP contribution in [0.3, 0.4) is 0 Å². The van der Waals surface area contributed by atoms with Gasteiger partial charge in [-0.15, -0.1) is 0 Å². The minimum Gasteiger partial charge on any atom is -0.352 e. The van der Waals surface area contributed by atoms with Crippen molar-refractivity contribution in [3.05, 3.63) is 32.6 Å². The van der Waals surface area contributed by atoms with Crippen molar-refractivity contribution in [1.82, 2.24) is 14.2 Å². The first-order valence-corrected chi connectivity index (χ1v) is 13.7. The molecule has 2 aliphatic heterocycles. The first-order chi connectivity index (χ1) is 14.2. The average Bonchev–Trinajstić information content (AvgIpc) is 3.06. The van der Waals surface area contributed by atoms with Crippen LogP contribution in [-0.2, 0) is 9.26 Å². The second kappa shape index (κ2) is 8.70. The molecule has 30 heavy (non-hydrogen) atoms. The van der Waals surface area contributed by atoms with Gasteiger partial charge in [-0.3, -0.25) is 14.3 Å². The fraction of sp³-hybridized carbons (Fsp3) is 0.810. The van der Waals surface area contributed by atoms with Gasteiger partial charge >= 0.3 is 5.69 Å². The van der Waals surface area contributed by atoms with E-state index in [1.54, 1.807) is 13.1 Å². The van der Waals surface area contributed by atoms with Gasteiger partial charge in [-0.1, -0.05) is 32.2 Å². The molecule has 9 heteroatoms. The molecule has 3 aliphatic rings. The van der Waals surface area contributed by atoms with Crippen molar-refractivity contribution in [1.29, 1.82) is 0 Å². The highest BCUT2D eigenvalue weighted by Crippen LogP contribution is 2.71. The molecule has 4 rings (SSSR count). The summed E-state index contributed by atoms with van der Waals surface area (Å²) >= 11 is 2.00. The topological polar surface area (TPSA) is 76.6 Å². The summed E-state index contributed by atoms with van der Waals surface area (Å²) in [5, 5.41) is 0. The Morgan fingerprint density at radius 1 is 1.37 bits per heavy atom. The second-order valence-corrected chi connectivity index (χ2v) is 13.3. The fourth-order valence-corrected chi connectivity index (χ4v) is 9.88. The van der Waals surface area contributed by atoms with Crippen molar-refractivity contribution in [3.63, 3.8) is 0 Å². The van der Waals surface area contributed by atoms with Crippen molar-refractivity contribution >= 4 is 18.9 Å². The number of aryl methyl sites for hydroxylation is 1. The van der Waals surface area contributed by atoms with Gasteiger partial charge in [-0.25, -0.2) is 9.46 Å². The van der Waals surface area contributed by atoms with E-state index in [2.05, 4.69) is 37.3 Å². The van der Waals surface area contributed by atoms with Crippen LogP contribution in [0.5, 0.6) is 0 Å². The fourth-order valence-electron chi connectivity index (χ4n) is 4.68. The summed E-state index contributed by atoms with van der Waals surface area (Å²) in [6.07, 6.45) is 6.02. The van der Waals surface area contributed by atoms with E-state index in [9.17, 15) is 9.59 Å². The van der Waals surface area contributed by atoms with E-state index in [0.29, 0.717) is 24.1 Å². The Morgan fingerprint density at radius 2 is 2.13 bits per heavy atom. The van der Waals surface area contributed by atoms with E-state index < -0.39 is 19.4 Å². The van der Waals surface area contributed by atoms with Crippen molar-refractivity contribution < 1.29 is 9.26 Å². The number of rotatable bonds is 4. The maximum Gasteiger partial charge on any atom is 0.330 e. The number of H-pyrrole nitrogens is 1. The first kappa shape index (κ1) is 22.5. The van der Waals surface area contributed by atoms with Gasteiger partial charge in [-0.05, 0) is 51.4 Å². The lowest BCUT2D eigenvalue weighted by atomic mass is 9.75. The summed E-state index contributed by atoms with van der Waals surface area (Å²) < 4.78 is 17.0. The lowest BCUT2D eigenvalue weighted by Crippen LogP contribution is -2.46. The Labute approximate surface area is 183 Å². The van der Waals surface area contributed by atoms with Crippen molar-refractivity contribution in [2.75, 3.05) is 13.1 Å². The van der Waals surface area contributed by atoms with Crippen LogP contribution in [0.2, 0.25) is 0 Å². The molecule has 1 N–H and O–H groups in total. The van der Waals surface area contributed by atoms with Crippen LogP contribution < -0.4 is 11.2 Å². The van der Waals surface area contributed by atoms with Gasteiger partial charge in [0.05, 0.1) is 18.8 Å². The zero-order valence-electron chi connectivity index (χ0n) is 18.6. The molecule has 6 atom stereocenters. The third-order valence-electron chi connectivity index (χ3n) is 6.93. The Kier molecular flexibility index (Phi) is 6.54. The molecular formula is C21H34N3O4PS. The number of hydrogen-bond donors (Lipinski definition) is 1. The summed E-state index contributed by atoms with van der Waals surface area (Å²) in [6.45, 7) is 12.2. The minimum absolute atomic E-state index is 0.0356. The molecule has 0 radical (unpaired) electrons. The van der Waals surface area contributed by atoms with Gasteiger partial charge in [0.1, 0.15) is 0 Å². The maximum absolute atomic E-state index is 12.4. The highest BCUT2D eigenvalue weighted by atomic mass is 32.7. The predicted octanol–water partition coefficient (Wildman–Crippen LogP) is 4.03. The summed E-state index contributed by atoms with van der Waals surface area (Å²) in [5.41, 5.74) is -0.244. The first-order valence-electron chi connectivity index (χ1n) is 11.1. The van der Waals surface area contributed by atoms with E-state index in [-0.39, 0.29) is 16.4 Å². The molecule has 7 nitrogen and oxygen atoms in total. The number of morpholine rings is 1.